The minimum Gasteiger partial charge on any atom is -0.358 e. The van der Waals surface area contributed by atoms with E-state index in [1.54, 1.807) is 10.7 Å². The SMILES string of the molecule is S=C(NCc1ccccc1)Nc1nn(Cc2ccc(Cl)c(Cl)c2)cc1Br. The van der Waals surface area contributed by atoms with Gasteiger partial charge in [-0.05, 0) is 51.4 Å². The van der Waals surface area contributed by atoms with Gasteiger partial charge >= 0.3 is 0 Å². The lowest BCUT2D eigenvalue weighted by molar-refractivity contribution is 0.689. The van der Waals surface area contributed by atoms with Crippen molar-refractivity contribution in [2.75, 3.05) is 5.32 Å². The van der Waals surface area contributed by atoms with Crippen LogP contribution in [0.3, 0.4) is 0 Å². The van der Waals surface area contributed by atoms with E-state index in [0.29, 0.717) is 34.1 Å². The molecule has 0 aliphatic heterocycles. The van der Waals surface area contributed by atoms with Crippen LogP contribution in [0.4, 0.5) is 5.82 Å². The molecular formula is C18H15BrCl2N4S. The van der Waals surface area contributed by atoms with Crippen LogP contribution < -0.4 is 10.6 Å². The number of hydrogen-bond donors (Lipinski definition) is 2. The average molecular weight is 470 g/mol. The van der Waals surface area contributed by atoms with Crippen molar-refractivity contribution >= 4 is 62.3 Å². The number of nitrogens with one attached hydrogen (secondary N) is 2. The highest BCUT2D eigenvalue weighted by Gasteiger charge is 2.09. The van der Waals surface area contributed by atoms with Gasteiger partial charge in [0.05, 0.1) is 21.1 Å². The molecule has 0 bridgehead atoms. The molecule has 0 unspecified atom stereocenters. The van der Waals surface area contributed by atoms with Crippen molar-refractivity contribution in [1.82, 2.24) is 15.1 Å². The van der Waals surface area contributed by atoms with Crippen LogP contribution in [-0.4, -0.2) is 14.9 Å². The average Bonchev–Trinajstić information content (AvgIpc) is 2.96. The van der Waals surface area contributed by atoms with Crippen molar-refractivity contribution in [3.8, 4) is 0 Å². The summed E-state index contributed by atoms with van der Waals surface area (Å²) in [6, 6.07) is 15.6. The van der Waals surface area contributed by atoms with E-state index in [9.17, 15) is 0 Å². The number of benzene rings is 2. The van der Waals surface area contributed by atoms with E-state index in [-0.39, 0.29) is 0 Å². The second-order valence-electron chi connectivity index (χ2n) is 5.56. The van der Waals surface area contributed by atoms with Crippen molar-refractivity contribution in [3.63, 3.8) is 0 Å². The van der Waals surface area contributed by atoms with E-state index in [1.807, 2.05) is 48.7 Å². The summed E-state index contributed by atoms with van der Waals surface area (Å²) in [6.45, 7) is 1.22. The van der Waals surface area contributed by atoms with Gasteiger partial charge in [0.2, 0.25) is 0 Å². The van der Waals surface area contributed by atoms with Crippen molar-refractivity contribution in [2.24, 2.45) is 0 Å². The molecule has 0 saturated carbocycles. The quantitative estimate of drug-likeness (QED) is 0.485. The minimum absolute atomic E-state index is 0.509. The first-order valence-electron chi connectivity index (χ1n) is 7.77. The Morgan fingerprint density at radius 2 is 1.85 bits per heavy atom. The minimum atomic E-state index is 0.509. The fourth-order valence-electron chi connectivity index (χ4n) is 2.32. The molecule has 0 aliphatic carbocycles. The molecule has 3 aromatic rings. The number of thiocarbonyl (C=S) groups is 1. The highest BCUT2D eigenvalue weighted by molar-refractivity contribution is 9.10. The molecule has 1 heterocycles. The number of hydrogen-bond acceptors (Lipinski definition) is 2. The first-order chi connectivity index (χ1) is 12.5. The van der Waals surface area contributed by atoms with E-state index in [1.165, 1.54) is 0 Å². The van der Waals surface area contributed by atoms with Crippen LogP contribution in [0.15, 0.2) is 59.2 Å². The topological polar surface area (TPSA) is 41.9 Å². The van der Waals surface area contributed by atoms with Crippen LogP contribution >= 0.6 is 51.3 Å². The monoisotopic (exact) mass is 468 g/mol. The molecule has 0 amide bonds. The van der Waals surface area contributed by atoms with Gasteiger partial charge < -0.3 is 10.6 Å². The first kappa shape index (κ1) is 19.2. The highest BCUT2D eigenvalue weighted by atomic mass is 79.9. The zero-order valence-corrected chi connectivity index (χ0v) is 17.5. The van der Waals surface area contributed by atoms with Crippen molar-refractivity contribution in [3.05, 3.63) is 80.4 Å². The lowest BCUT2D eigenvalue weighted by atomic mass is 10.2. The van der Waals surface area contributed by atoms with Crippen LogP contribution in [0.1, 0.15) is 11.1 Å². The maximum Gasteiger partial charge on any atom is 0.172 e. The molecule has 0 saturated heterocycles. The molecule has 8 heteroatoms. The standard InChI is InChI=1S/C18H15BrCl2N4S/c19-14-11-25(10-13-6-7-15(20)16(21)8-13)24-17(14)23-18(26)22-9-12-4-2-1-3-5-12/h1-8,11H,9-10H2,(H2,22,23,24,26). The third-order valence-electron chi connectivity index (χ3n) is 3.57. The Morgan fingerprint density at radius 3 is 2.58 bits per heavy atom. The van der Waals surface area contributed by atoms with Gasteiger partial charge in [-0.2, -0.15) is 5.10 Å². The predicted octanol–water partition coefficient (Wildman–Crippen LogP) is 5.49. The summed E-state index contributed by atoms with van der Waals surface area (Å²) in [7, 11) is 0. The number of aromatic nitrogens is 2. The summed E-state index contributed by atoms with van der Waals surface area (Å²) < 4.78 is 2.62. The maximum atomic E-state index is 6.06. The van der Waals surface area contributed by atoms with Gasteiger partial charge in [-0.15, -0.1) is 0 Å². The van der Waals surface area contributed by atoms with Gasteiger partial charge in [-0.3, -0.25) is 4.68 Å². The number of nitrogens with zero attached hydrogens (tertiary/aromatic N) is 2. The first-order valence-corrected chi connectivity index (χ1v) is 9.72. The van der Waals surface area contributed by atoms with Gasteiger partial charge in [-0.1, -0.05) is 59.6 Å². The Bertz CT molecular complexity index is 915. The Labute approximate surface area is 175 Å². The zero-order valence-electron chi connectivity index (χ0n) is 13.5. The number of anilines is 1. The molecule has 0 fully saturated rings. The van der Waals surface area contributed by atoms with Crippen molar-refractivity contribution in [2.45, 2.75) is 13.1 Å². The molecule has 3 rings (SSSR count). The van der Waals surface area contributed by atoms with E-state index in [0.717, 1.165) is 15.6 Å². The highest BCUT2D eigenvalue weighted by Crippen LogP contribution is 2.24. The molecule has 0 spiro atoms. The van der Waals surface area contributed by atoms with E-state index in [4.69, 9.17) is 35.4 Å². The number of halogens is 3. The molecule has 1 aromatic heterocycles. The van der Waals surface area contributed by atoms with Gasteiger partial charge in [0, 0.05) is 12.7 Å². The Balaban J connectivity index is 1.60. The normalized spacial score (nSPS) is 10.6. The smallest absolute Gasteiger partial charge is 0.172 e. The third-order valence-corrected chi connectivity index (χ3v) is 5.14. The summed E-state index contributed by atoms with van der Waals surface area (Å²) in [5, 5.41) is 12.3. The molecule has 2 aromatic carbocycles. The fraction of sp³-hybridized carbons (Fsp3) is 0.111. The van der Waals surface area contributed by atoms with Crippen LogP contribution in [0.25, 0.3) is 0 Å². The van der Waals surface area contributed by atoms with E-state index in [2.05, 4.69) is 31.7 Å². The lowest BCUT2D eigenvalue weighted by Crippen LogP contribution is -2.28. The van der Waals surface area contributed by atoms with Crippen LogP contribution in [0, 0.1) is 0 Å². The van der Waals surface area contributed by atoms with Gasteiger partial charge in [0.1, 0.15) is 0 Å². The molecule has 134 valence electrons. The molecule has 0 radical (unpaired) electrons. The van der Waals surface area contributed by atoms with Gasteiger partial charge in [-0.25, -0.2) is 0 Å². The molecule has 4 nitrogen and oxygen atoms in total. The second-order valence-corrected chi connectivity index (χ2v) is 7.64. The zero-order chi connectivity index (χ0) is 18.5. The lowest BCUT2D eigenvalue weighted by Gasteiger charge is -2.09. The van der Waals surface area contributed by atoms with Crippen LogP contribution in [0.5, 0.6) is 0 Å². The van der Waals surface area contributed by atoms with Gasteiger partial charge in [0.25, 0.3) is 0 Å². The Morgan fingerprint density at radius 1 is 1.08 bits per heavy atom. The van der Waals surface area contributed by atoms with Crippen LogP contribution in [0.2, 0.25) is 10.0 Å². The summed E-state index contributed by atoms with van der Waals surface area (Å²) in [5.41, 5.74) is 2.16. The molecule has 26 heavy (non-hydrogen) atoms. The summed E-state index contributed by atoms with van der Waals surface area (Å²) in [6.07, 6.45) is 1.88. The molecular weight excluding hydrogens is 455 g/mol. The molecule has 0 aliphatic rings. The van der Waals surface area contributed by atoms with E-state index >= 15 is 0 Å². The maximum absolute atomic E-state index is 6.06. The van der Waals surface area contributed by atoms with E-state index < -0.39 is 0 Å². The predicted molar refractivity (Wildman–Crippen MR) is 115 cm³/mol. The largest absolute Gasteiger partial charge is 0.358 e. The molecule has 0 atom stereocenters. The third kappa shape index (κ3) is 5.20. The van der Waals surface area contributed by atoms with Crippen LogP contribution in [-0.2, 0) is 13.1 Å². The second kappa shape index (κ2) is 8.86. The fourth-order valence-corrected chi connectivity index (χ4v) is 3.22. The van der Waals surface area contributed by atoms with Crippen molar-refractivity contribution < 1.29 is 0 Å². The summed E-state index contributed by atoms with van der Waals surface area (Å²) in [4.78, 5) is 0. The molecule has 2 N–H and O–H groups in total. The Kier molecular flexibility index (Phi) is 6.53. The summed E-state index contributed by atoms with van der Waals surface area (Å²) >= 11 is 20.9. The summed E-state index contributed by atoms with van der Waals surface area (Å²) in [5.74, 6) is 0.649. The van der Waals surface area contributed by atoms with Crippen molar-refractivity contribution in [1.29, 1.82) is 0 Å². The Hall–Kier alpha value is -1.60. The number of rotatable bonds is 5. The van der Waals surface area contributed by atoms with Gasteiger partial charge in [0.15, 0.2) is 10.9 Å².